The Bertz CT molecular complexity index is 553. The Morgan fingerprint density at radius 3 is 2.22 bits per heavy atom. The van der Waals surface area contributed by atoms with Gasteiger partial charge in [0.25, 0.3) is 0 Å². The number of hydrogen-bond donors (Lipinski definition) is 0. The van der Waals surface area contributed by atoms with Gasteiger partial charge in [0.05, 0.1) is 0 Å². The molecule has 0 heterocycles. The maximum Gasteiger partial charge on any atom is 0.229 e. The average Bonchev–Trinajstić information content (AvgIpc) is 2.27. The highest BCUT2D eigenvalue weighted by Crippen LogP contribution is 2.34. The summed E-state index contributed by atoms with van der Waals surface area (Å²) in [6.07, 6.45) is 0. The average molecular weight is 257 g/mol. The lowest BCUT2D eigenvalue weighted by Gasteiger charge is -2.23. The molecule has 0 aliphatic carbocycles. The Morgan fingerprint density at radius 2 is 1.67 bits per heavy atom. The van der Waals surface area contributed by atoms with Crippen molar-refractivity contribution in [3.8, 4) is 5.75 Å². The Morgan fingerprint density at radius 1 is 1.06 bits per heavy atom. The monoisotopic (exact) mass is 257 g/mol. The third kappa shape index (κ3) is 2.59. The molecule has 0 saturated heterocycles. The molecular weight excluding hydrogens is 236 g/mol. The Hall–Kier alpha value is -1.28. The molecule has 0 unspecified atom stereocenters. The molecule has 0 aliphatic heterocycles. The Kier molecular flexibility index (Phi) is 3.49. The molecule has 0 saturated carbocycles. The zero-order valence-corrected chi connectivity index (χ0v) is 13.0. The second kappa shape index (κ2) is 4.77. The van der Waals surface area contributed by atoms with E-state index in [1.54, 1.807) is 0 Å². The maximum absolute atomic E-state index is 5.98. The van der Waals surface area contributed by atoms with E-state index in [2.05, 4.69) is 70.3 Å². The number of fused-ring (bicyclic) bond motifs is 1. The number of rotatable bonds is 2. The molecule has 0 aliphatic rings. The fraction of sp³-hybridized carbons (Fsp3) is 0.375. The van der Waals surface area contributed by atoms with Crippen molar-refractivity contribution < 1.29 is 4.43 Å². The van der Waals surface area contributed by atoms with Gasteiger partial charge in [0, 0.05) is 11.5 Å². The molecule has 0 bridgehead atoms. The van der Waals surface area contributed by atoms with Crippen molar-refractivity contribution >= 4 is 19.8 Å². The summed E-state index contributed by atoms with van der Waals surface area (Å²) in [5, 5.41) is 2.47. The van der Waals surface area contributed by atoms with Gasteiger partial charge in [-0.2, -0.15) is 0 Å². The standard InChI is InChI=1S/C16H21OSi/c1-16(2,3)14-10-11-15(17-18(4)5)13-9-7-6-8-12(13)14/h6-10,18H,1-5H3. The molecule has 0 amide bonds. The fourth-order valence-corrected chi connectivity index (χ4v) is 2.83. The van der Waals surface area contributed by atoms with E-state index in [0.29, 0.717) is 0 Å². The summed E-state index contributed by atoms with van der Waals surface area (Å²) in [6, 6.07) is 13.9. The van der Waals surface area contributed by atoms with E-state index in [1.807, 2.05) is 0 Å². The van der Waals surface area contributed by atoms with Crippen molar-refractivity contribution in [2.24, 2.45) is 0 Å². The summed E-state index contributed by atoms with van der Waals surface area (Å²) >= 11 is 0. The molecule has 18 heavy (non-hydrogen) atoms. The van der Waals surface area contributed by atoms with E-state index in [1.165, 1.54) is 16.3 Å². The van der Waals surface area contributed by atoms with Gasteiger partial charge in [-0.25, -0.2) is 0 Å². The molecule has 2 aromatic carbocycles. The van der Waals surface area contributed by atoms with Crippen LogP contribution in [-0.2, 0) is 5.41 Å². The fourth-order valence-electron chi connectivity index (χ4n) is 2.16. The van der Waals surface area contributed by atoms with Crippen LogP contribution in [0.15, 0.2) is 30.3 Å². The second-order valence-electron chi connectivity index (χ2n) is 5.99. The van der Waals surface area contributed by atoms with Crippen LogP contribution in [0.25, 0.3) is 10.8 Å². The molecule has 0 aromatic heterocycles. The van der Waals surface area contributed by atoms with E-state index >= 15 is 0 Å². The van der Waals surface area contributed by atoms with Crippen LogP contribution in [0.3, 0.4) is 0 Å². The van der Waals surface area contributed by atoms with Crippen LogP contribution >= 0.6 is 0 Å². The van der Waals surface area contributed by atoms with E-state index in [-0.39, 0.29) is 5.41 Å². The largest absolute Gasteiger partial charge is 0.546 e. The molecule has 0 N–H and O–H groups in total. The highest BCUT2D eigenvalue weighted by atomic mass is 28.3. The topological polar surface area (TPSA) is 9.23 Å². The number of hydrogen-bond acceptors (Lipinski definition) is 1. The molecule has 2 rings (SSSR count). The van der Waals surface area contributed by atoms with Crippen LogP contribution in [0, 0.1) is 6.07 Å². The molecule has 1 radical (unpaired) electrons. The number of benzene rings is 2. The predicted octanol–water partition coefficient (Wildman–Crippen LogP) is 4.30. The molecule has 0 fully saturated rings. The summed E-state index contributed by atoms with van der Waals surface area (Å²) in [7, 11) is -1.09. The van der Waals surface area contributed by atoms with Crippen molar-refractivity contribution in [1.29, 1.82) is 0 Å². The first-order valence-electron chi connectivity index (χ1n) is 6.50. The van der Waals surface area contributed by atoms with E-state index in [0.717, 1.165) is 5.75 Å². The van der Waals surface area contributed by atoms with Crippen LogP contribution in [0.5, 0.6) is 5.75 Å². The lowest BCUT2D eigenvalue weighted by atomic mass is 9.83. The van der Waals surface area contributed by atoms with Crippen molar-refractivity contribution in [3.05, 3.63) is 42.0 Å². The van der Waals surface area contributed by atoms with Crippen molar-refractivity contribution in [2.75, 3.05) is 0 Å². The zero-order valence-electron chi connectivity index (χ0n) is 11.9. The third-order valence-electron chi connectivity index (χ3n) is 2.97. The molecule has 2 heteroatoms. The lowest BCUT2D eigenvalue weighted by molar-refractivity contribution is 0.579. The highest BCUT2D eigenvalue weighted by molar-refractivity contribution is 6.49. The van der Waals surface area contributed by atoms with Gasteiger partial charge in [-0.1, -0.05) is 45.0 Å². The van der Waals surface area contributed by atoms with Crippen LogP contribution in [-0.4, -0.2) is 9.04 Å². The molecule has 95 valence electrons. The summed E-state index contributed by atoms with van der Waals surface area (Å²) < 4.78 is 5.98. The van der Waals surface area contributed by atoms with Gasteiger partial charge < -0.3 is 4.43 Å². The molecule has 0 spiro atoms. The predicted molar refractivity (Wildman–Crippen MR) is 81.0 cm³/mol. The van der Waals surface area contributed by atoms with Crippen LogP contribution < -0.4 is 4.43 Å². The van der Waals surface area contributed by atoms with E-state index < -0.39 is 9.04 Å². The van der Waals surface area contributed by atoms with E-state index in [9.17, 15) is 0 Å². The lowest BCUT2D eigenvalue weighted by Crippen LogP contribution is -2.14. The zero-order chi connectivity index (χ0) is 13.3. The first-order valence-corrected chi connectivity index (χ1v) is 9.28. The maximum atomic E-state index is 5.98. The van der Waals surface area contributed by atoms with Gasteiger partial charge in [0.1, 0.15) is 5.75 Å². The minimum Gasteiger partial charge on any atom is -0.546 e. The van der Waals surface area contributed by atoms with Crippen LogP contribution in [0.4, 0.5) is 0 Å². The Balaban J connectivity index is 2.66. The molecular formula is C16H21OSi. The summed E-state index contributed by atoms with van der Waals surface area (Å²) in [5.74, 6) is 0.917. The summed E-state index contributed by atoms with van der Waals surface area (Å²) in [5.41, 5.74) is 1.46. The second-order valence-corrected chi connectivity index (χ2v) is 8.33. The smallest absolute Gasteiger partial charge is 0.229 e. The van der Waals surface area contributed by atoms with Gasteiger partial charge in [0.2, 0.25) is 9.04 Å². The highest BCUT2D eigenvalue weighted by Gasteiger charge is 2.18. The first-order chi connectivity index (χ1) is 8.39. The van der Waals surface area contributed by atoms with Gasteiger partial charge in [-0.15, -0.1) is 0 Å². The third-order valence-corrected chi connectivity index (χ3v) is 3.68. The summed E-state index contributed by atoms with van der Waals surface area (Å²) in [4.78, 5) is 0. The van der Waals surface area contributed by atoms with Crippen LogP contribution in [0.2, 0.25) is 13.1 Å². The summed E-state index contributed by atoms with van der Waals surface area (Å²) in [6.45, 7) is 11.1. The SMILES string of the molecule is C[SiH](C)Oc1[c]cc(C(C)(C)C)c2ccccc12. The van der Waals surface area contributed by atoms with Gasteiger partial charge >= 0.3 is 0 Å². The quantitative estimate of drug-likeness (QED) is 0.729. The first kappa shape index (κ1) is 13.2. The van der Waals surface area contributed by atoms with Gasteiger partial charge in [-0.05, 0) is 35.5 Å². The van der Waals surface area contributed by atoms with Gasteiger partial charge in [-0.3, -0.25) is 0 Å². The minimum absolute atomic E-state index is 0.129. The van der Waals surface area contributed by atoms with Crippen molar-refractivity contribution in [1.82, 2.24) is 0 Å². The van der Waals surface area contributed by atoms with Crippen LogP contribution in [0.1, 0.15) is 26.3 Å². The molecule has 2 aromatic rings. The Labute approximate surface area is 112 Å². The molecule has 1 nitrogen and oxygen atoms in total. The minimum atomic E-state index is -1.09. The van der Waals surface area contributed by atoms with E-state index in [4.69, 9.17) is 4.43 Å². The molecule has 0 atom stereocenters. The van der Waals surface area contributed by atoms with Gasteiger partial charge in [0.15, 0.2) is 0 Å². The van der Waals surface area contributed by atoms with Crippen molar-refractivity contribution in [2.45, 2.75) is 39.3 Å². The van der Waals surface area contributed by atoms with Crippen molar-refractivity contribution in [3.63, 3.8) is 0 Å². The normalized spacial score (nSPS) is 12.1.